The Hall–Kier alpha value is -2.80. The van der Waals surface area contributed by atoms with Crippen LogP contribution >= 0.6 is 11.8 Å². The summed E-state index contributed by atoms with van der Waals surface area (Å²) in [6.07, 6.45) is 2.18. The minimum atomic E-state index is -0.222. The fraction of sp³-hybridized carbons (Fsp3) is 0.348. The highest BCUT2D eigenvalue weighted by atomic mass is 32.2. The zero-order valence-corrected chi connectivity index (χ0v) is 18.4. The summed E-state index contributed by atoms with van der Waals surface area (Å²) in [6, 6.07) is 16.0. The van der Waals surface area contributed by atoms with Crippen LogP contribution in [0.3, 0.4) is 0 Å². The van der Waals surface area contributed by atoms with E-state index >= 15 is 0 Å². The number of methoxy groups -OCH3 is 1. The maximum absolute atomic E-state index is 12.8. The first kappa shape index (κ1) is 20.5. The Morgan fingerprint density at radius 3 is 2.33 bits per heavy atom. The lowest BCUT2D eigenvalue weighted by molar-refractivity contribution is -0.129. The summed E-state index contributed by atoms with van der Waals surface area (Å²) in [5, 5.41) is 9.42. The third-order valence-corrected chi connectivity index (χ3v) is 6.35. The summed E-state index contributed by atoms with van der Waals surface area (Å²) in [5.41, 5.74) is 3.10. The molecule has 4 rings (SSSR count). The Morgan fingerprint density at radius 1 is 1.03 bits per heavy atom. The van der Waals surface area contributed by atoms with Gasteiger partial charge in [-0.25, -0.2) is 0 Å². The van der Waals surface area contributed by atoms with Crippen molar-refractivity contribution >= 4 is 17.7 Å². The van der Waals surface area contributed by atoms with Gasteiger partial charge in [0.1, 0.15) is 5.75 Å². The van der Waals surface area contributed by atoms with Gasteiger partial charge in [-0.1, -0.05) is 29.5 Å². The van der Waals surface area contributed by atoms with Gasteiger partial charge in [0.15, 0.2) is 11.0 Å². The number of carbonyl (C=O) groups excluding carboxylic acids is 1. The minimum absolute atomic E-state index is 0.168. The average Bonchev–Trinajstić information content (AvgIpc) is 3.44. The molecule has 0 N–H and O–H groups in total. The van der Waals surface area contributed by atoms with Gasteiger partial charge in [-0.15, -0.1) is 10.2 Å². The standard InChI is InChI=1S/C23H26N4O2S/c1-16-6-10-19(11-7-16)27-21(18-8-12-20(29-3)13-9-18)24-25-23(27)30-17(2)22(28)26-14-4-5-15-26/h6-13,17H,4-5,14-15H2,1-3H3/t17-/m0/s1. The monoisotopic (exact) mass is 422 g/mol. The second kappa shape index (κ2) is 8.92. The summed E-state index contributed by atoms with van der Waals surface area (Å²) >= 11 is 1.46. The number of likely N-dealkylation sites (tertiary alicyclic amines) is 1. The molecule has 0 aliphatic carbocycles. The predicted molar refractivity (Wildman–Crippen MR) is 119 cm³/mol. The van der Waals surface area contributed by atoms with E-state index in [0.29, 0.717) is 5.16 Å². The number of thioether (sulfide) groups is 1. The second-order valence-electron chi connectivity index (χ2n) is 7.50. The van der Waals surface area contributed by atoms with Gasteiger partial charge >= 0.3 is 0 Å². The lowest BCUT2D eigenvalue weighted by atomic mass is 10.2. The van der Waals surface area contributed by atoms with Crippen LogP contribution in [0.5, 0.6) is 5.75 Å². The molecule has 0 bridgehead atoms. The van der Waals surface area contributed by atoms with Crippen molar-refractivity contribution in [2.75, 3.05) is 20.2 Å². The van der Waals surface area contributed by atoms with Gasteiger partial charge in [0.05, 0.1) is 12.4 Å². The Kier molecular flexibility index (Phi) is 6.08. The Labute approximate surface area is 181 Å². The molecule has 156 valence electrons. The summed E-state index contributed by atoms with van der Waals surface area (Å²) in [7, 11) is 1.65. The third kappa shape index (κ3) is 4.21. The number of nitrogens with zero attached hydrogens (tertiary/aromatic N) is 4. The van der Waals surface area contributed by atoms with Gasteiger partial charge in [-0.3, -0.25) is 9.36 Å². The lowest BCUT2D eigenvalue weighted by Crippen LogP contribution is -2.34. The van der Waals surface area contributed by atoms with Gasteiger partial charge in [0.2, 0.25) is 5.91 Å². The molecule has 3 aromatic rings. The van der Waals surface area contributed by atoms with E-state index < -0.39 is 0 Å². The number of amides is 1. The Morgan fingerprint density at radius 2 is 1.70 bits per heavy atom. The highest BCUT2D eigenvalue weighted by molar-refractivity contribution is 8.00. The maximum Gasteiger partial charge on any atom is 0.235 e. The molecule has 1 saturated heterocycles. The maximum atomic E-state index is 12.8. The van der Waals surface area contributed by atoms with Crippen LogP contribution in [0.15, 0.2) is 53.7 Å². The number of carbonyl (C=O) groups is 1. The first-order valence-electron chi connectivity index (χ1n) is 10.2. The van der Waals surface area contributed by atoms with Gasteiger partial charge < -0.3 is 9.64 Å². The number of ether oxygens (including phenoxy) is 1. The van der Waals surface area contributed by atoms with Crippen LogP contribution in [0, 0.1) is 6.92 Å². The van der Waals surface area contributed by atoms with Crippen LogP contribution in [-0.4, -0.2) is 51.0 Å². The first-order valence-corrected chi connectivity index (χ1v) is 11.1. The second-order valence-corrected chi connectivity index (χ2v) is 8.81. The SMILES string of the molecule is COc1ccc(-c2nnc(S[C@@H](C)C(=O)N3CCCC3)n2-c2ccc(C)cc2)cc1. The quantitative estimate of drug-likeness (QED) is 0.553. The molecule has 30 heavy (non-hydrogen) atoms. The molecule has 2 aromatic carbocycles. The van der Waals surface area contributed by atoms with E-state index in [2.05, 4.69) is 41.4 Å². The number of hydrogen-bond donors (Lipinski definition) is 0. The molecular weight excluding hydrogens is 396 g/mol. The molecule has 6 nitrogen and oxygen atoms in total. The molecule has 1 amide bonds. The van der Waals surface area contributed by atoms with E-state index in [-0.39, 0.29) is 11.2 Å². The summed E-state index contributed by atoms with van der Waals surface area (Å²) in [4.78, 5) is 14.8. The van der Waals surface area contributed by atoms with Crippen LogP contribution in [-0.2, 0) is 4.79 Å². The molecule has 0 spiro atoms. The van der Waals surface area contributed by atoms with E-state index in [0.717, 1.165) is 48.8 Å². The van der Waals surface area contributed by atoms with Crippen LogP contribution in [0.4, 0.5) is 0 Å². The highest BCUT2D eigenvalue weighted by Gasteiger charge is 2.26. The molecule has 0 radical (unpaired) electrons. The third-order valence-electron chi connectivity index (χ3n) is 5.32. The van der Waals surface area contributed by atoms with E-state index in [9.17, 15) is 4.79 Å². The Balaban J connectivity index is 1.70. The van der Waals surface area contributed by atoms with Gasteiger partial charge in [0, 0.05) is 24.3 Å². The molecule has 1 fully saturated rings. The number of benzene rings is 2. The van der Waals surface area contributed by atoms with Crippen LogP contribution in [0.1, 0.15) is 25.3 Å². The fourth-order valence-electron chi connectivity index (χ4n) is 3.60. The lowest BCUT2D eigenvalue weighted by Gasteiger charge is -2.20. The molecule has 1 aliphatic heterocycles. The smallest absolute Gasteiger partial charge is 0.235 e. The number of aromatic nitrogens is 3. The van der Waals surface area contributed by atoms with Crippen molar-refractivity contribution in [3.63, 3.8) is 0 Å². The Bertz CT molecular complexity index is 1010. The van der Waals surface area contributed by atoms with E-state index in [1.165, 1.54) is 17.3 Å². The van der Waals surface area contributed by atoms with Crippen molar-refractivity contribution in [1.82, 2.24) is 19.7 Å². The first-order chi connectivity index (χ1) is 14.6. The zero-order valence-electron chi connectivity index (χ0n) is 17.5. The minimum Gasteiger partial charge on any atom is -0.497 e. The van der Waals surface area contributed by atoms with E-state index in [1.54, 1.807) is 7.11 Å². The number of rotatable bonds is 6. The fourth-order valence-corrected chi connectivity index (χ4v) is 4.55. The van der Waals surface area contributed by atoms with Crippen molar-refractivity contribution in [1.29, 1.82) is 0 Å². The van der Waals surface area contributed by atoms with Crippen LogP contribution in [0.2, 0.25) is 0 Å². The molecule has 0 saturated carbocycles. The number of aryl methyl sites for hydroxylation is 1. The molecule has 0 unspecified atom stereocenters. The van der Waals surface area contributed by atoms with Crippen LogP contribution < -0.4 is 4.74 Å². The largest absolute Gasteiger partial charge is 0.497 e. The molecule has 2 heterocycles. The molecule has 1 atom stereocenters. The van der Waals surface area contributed by atoms with E-state index in [4.69, 9.17) is 4.74 Å². The van der Waals surface area contributed by atoms with Gasteiger partial charge in [0.25, 0.3) is 0 Å². The summed E-state index contributed by atoms with van der Waals surface area (Å²) in [5.74, 6) is 1.70. The topological polar surface area (TPSA) is 60.3 Å². The number of hydrogen-bond acceptors (Lipinski definition) is 5. The normalized spacial score (nSPS) is 14.7. The van der Waals surface area contributed by atoms with Crippen molar-refractivity contribution in [3.8, 4) is 22.8 Å². The van der Waals surface area contributed by atoms with Crippen molar-refractivity contribution in [2.24, 2.45) is 0 Å². The van der Waals surface area contributed by atoms with Gasteiger partial charge in [-0.05, 0) is 63.1 Å². The van der Waals surface area contributed by atoms with Crippen molar-refractivity contribution in [3.05, 3.63) is 54.1 Å². The van der Waals surface area contributed by atoms with Crippen molar-refractivity contribution < 1.29 is 9.53 Å². The zero-order chi connectivity index (χ0) is 21.1. The molecular formula is C23H26N4O2S. The summed E-state index contributed by atoms with van der Waals surface area (Å²) < 4.78 is 7.30. The summed E-state index contributed by atoms with van der Waals surface area (Å²) in [6.45, 7) is 5.72. The van der Waals surface area contributed by atoms with Crippen LogP contribution in [0.25, 0.3) is 17.1 Å². The molecule has 1 aromatic heterocycles. The highest BCUT2D eigenvalue weighted by Crippen LogP contribution is 2.32. The van der Waals surface area contributed by atoms with Crippen molar-refractivity contribution in [2.45, 2.75) is 37.1 Å². The molecule has 1 aliphatic rings. The molecule has 7 heteroatoms. The van der Waals surface area contributed by atoms with Gasteiger partial charge in [-0.2, -0.15) is 0 Å². The predicted octanol–water partition coefficient (Wildman–Crippen LogP) is 4.35. The van der Waals surface area contributed by atoms with E-state index in [1.807, 2.05) is 40.7 Å². The average molecular weight is 423 g/mol.